The number of aliphatic hydroxyl groups is 8. The Morgan fingerprint density at radius 3 is 1.78 bits per heavy atom. The lowest BCUT2D eigenvalue weighted by atomic mass is 9.91. The third kappa shape index (κ3) is 10.9. The molecule has 13 heteroatoms. The van der Waals surface area contributed by atoms with Crippen LogP contribution in [0.4, 0.5) is 0 Å². The second-order valence-electron chi connectivity index (χ2n) is 11.2. The van der Waals surface area contributed by atoms with Crippen molar-refractivity contribution in [2.45, 2.75) is 151 Å². The van der Waals surface area contributed by atoms with Crippen molar-refractivity contribution in [3.8, 4) is 0 Å². The van der Waals surface area contributed by atoms with Crippen LogP contribution in [0, 0.1) is 0 Å². The molecule has 9 N–H and O–H groups in total. The van der Waals surface area contributed by atoms with Crippen molar-refractivity contribution in [3.63, 3.8) is 0 Å². The number of hydrogen-bond acceptors (Lipinski definition) is 12. The Labute approximate surface area is 242 Å². The number of hydrogen-bond donors (Lipinski definition) is 9. The maximum absolute atomic E-state index is 12.5. The van der Waals surface area contributed by atoms with Crippen molar-refractivity contribution < 1.29 is 59.9 Å². The molecule has 1 amide bonds. The highest BCUT2D eigenvalue weighted by atomic mass is 16.7. The van der Waals surface area contributed by atoms with E-state index in [2.05, 4.69) is 12.2 Å². The van der Waals surface area contributed by atoms with Gasteiger partial charge in [0.05, 0.1) is 13.2 Å². The van der Waals surface area contributed by atoms with Crippen LogP contribution in [-0.4, -0.2) is 134 Å². The van der Waals surface area contributed by atoms with Crippen molar-refractivity contribution >= 4 is 5.91 Å². The molecule has 0 aromatic carbocycles. The highest BCUT2D eigenvalue weighted by molar-refractivity contribution is 5.81. The standard InChI is InChI=1S/C28H53NO12/c1-2-3-4-5-6-7-8-9-10-11-12-13-14-29-27(38)24(37)26-22(35)21(34)25(18(16-31)39-26)41-28-23(36)20(33)19(32)17(15-30)40-28/h17-26,28,30-37H,2-16H2,1H3,(H,29,38)/t17-,18-,19+,20+,21-,22-,23-,24?,25-,26?,28?/m1/s1. The number of amides is 1. The van der Waals surface area contributed by atoms with Gasteiger partial charge >= 0.3 is 0 Å². The lowest BCUT2D eigenvalue weighted by Crippen LogP contribution is -2.66. The summed E-state index contributed by atoms with van der Waals surface area (Å²) in [5, 5.41) is 83.7. The van der Waals surface area contributed by atoms with Crippen LogP contribution in [0.15, 0.2) is 0 Å². The molecule has 0 aliphatic carbocycles. The average molecular weight is 596 g/mol. The van der Waals surface area contributed by atoms with E-state index in [0.717, 1.165) is 25.7 Å². The monoisotopic (exact) mass is 595 g/mol. The van der Waals surface area contributed by atoms with Gasteiger partial charge in [-0.05, 0) is 6.42 Å². The Balaban J connectivity index is 1.73. The predicted octanol–water partition coefficient (Wildman–Crippen LogP) is -1.17. The normalized spacial score (nSPS) is 34.9. The molecule has 11 atom stereocenters. The molecule has 0 bridgehead atoms. The lowest BCUT2D eigenvalue weighted by Gasteiger charge is -2.46. The molecule has 41 heavy (non-hydrogen) atoms. The summed E-state index contributed by atoms with van der Waals surface area (Å²) in [5.74, 6) is -0.797. The van der Waals surface area contributed by atoms with Crippen LogP contribution < -0.4 is 5.32 Å². The Bertz CT molecular complexity index is 714. The minimum Gasteiger partial charge on any atom is -0.394 e. The van der Waals surface area contributed by atoms with Gasteiger partial charge in [0.1, 0.15) is 54.9 Å². The second-order valence-corrected chi connectivity index (χ2v) is 11.2. The third-order valence-electron chi connectivity index (χ3n) is 7.95. The number of carbonyl (C=O) groups excluding carboxylic acids is 1. The summed E-state index contributed by atoms with van der Waals surface area (Å²) in [6.45, 7) is 1.08. The van der Waals surface area contributed by atoms with Crippen LogP contribution in [0.2, 0.25) is 0 Å². The molecular weight excluding hydrogens is 542 g/mol. The smallest absolute Gasteiger partial charge is 0.251 e. The first-order valence-corrected chi connectivity index (χ1v) is 15.2. The minimum absolute atomic E-state index is 0.324. The fourth-order valence-corrected chi connectivity index (χ4v) is 5.31. The van der Waals surface area contributed by atoms with E-state index in [9.17, 15) is 45.6 Å². The predicted molar refractivity (Wildman–Crippen MR) is 146 cm³/mol. The first-order chi connectivity index (χ1) is 19.7. The third-order valence-corrected chi connectivity index (χ3v) is 7.95. The molecule has 0 aromatic heterocycles. The SMILES string of the molecule is CCCCCCCCCCCCCCNC(=O)C(O)C1O[C@H](CO)[C@@H](OC2O[C@H](CO)[C@H](O)[C@H](O)[C@H]2O)[C@H](O)[C@H]1O. The van der Waals surface area contributed by atoms with Gasteiger partial charge in [-0.2, -0.15) is 0 Å². The molecule has 0 spiro atoms. The first kappa shape index (κ1) is 36.2. The summed E-state index contributed by atoms with van der Waals surface area (Å²) < 4.78 is 16.3. The number of nitrogens with one attached hydrogen (secondary N) is 1. The fourth-order valence-electron chi connectivity index (χ4n) is 5.31. The van der Waals surface area contributed by atoms with E-state index in [1.54, 1.807) is 0 Å². The highest BCUT2D eigenvalue weighted by Crippen LogP contribution is 2.30. The lowest BCUT2D eigenvalue weighted by molar-refractivity contribution is -0.344. The van der Waals surface area contributed by atoms with E-state index >= 15 is 0 Å². The molecule has 2 heterocycles. The Morgan fingerprint density at radius 1 is 0.707 bits per heavy atom. The maximum Gasteiger partial charge on any atom is 0.251 e. The van der Waals surface area contributed by atoms with Crippen LogP contribution in [0.1, 0.15) is 84.0 Å². The number of unbranched alkanes of at least 4 members (excludes halogenated alkanes) is 11. The quantitative estimate of drug-likeness (QED) is 0.0807. The van der Waals surface area contributed by atoms with Crippen LogP contribution in [-0.2, 0) is 19.0 Å². The average Bonchev–Trinajstić information content (AvgIpc) is 2.97. The molecule has 0 radical (unpaired) electrons. The zero-order chi connectivity index (χ0) is 30.4. The van der Waals surface area contributed by atoms with Gasteiger partial charge in [0.15, 0.2) is 12.4 Å². The van der Waals surface area contributed by atoms with Crippen molar-refractivity contribution in [2.24, 2.45) is 0 Å². The van der Waals surface area contributed by atoms with Gasteiger partial charge < -0.3 is 60.4 Å². The number of aliphatic hydroxyl groups excluding tert-OH is 8. The zero-order valence-electron chi connectivity index (χ0n) is 24.2. The minimum atomic E-state index is -1.85. The Hall–Kier alpha value is -0.970. The maximum atomic E-state index is 12.5. The van der Waals surface area contributed by atoms with Crippen molar-refractivity contribution in [3.05, 3.63) is 0 Å². The largest absolute Gasteiger partial charge is 0.394 e. The zero-order valence-corrected chi connectivity index (χ0v) is 24.2. The molecule has 13 nitrogen and oxygen atoms in total. The van der Waals surface area contributed by atoms with Gasteiger partial charge in [-0.3, -0.25) is 4.79 Å². The summed E-state index contributed by atoms with van der Waals surface area (Å²) in [4.78, 5) is 12.5. The summed E-state index contributed by atoms with van der Waals surface area (Å²) in [6.07, 6.45) is -3.92. The Kier molecular flexibility index (Phi) is 17.1. The summed E-state index contributed by atoms with van der Waals surface area (Å²) in [5.41, 5.74) is 0. The van der Waals surface area contributed by atoms with Crippen molar-refractivity contribution in [1.82, 2.24) is 5.32 Å². The first-order valence-electron chi connectivity index (χ1n) is 15.2. The molecule has 2 saturated heterocycles. The van der Waals surface area contributed by atoms with Gasteiger partial charge in [0.2, 0.25) is 0 Å². The van der Waals surface area contributed by atoms with Crippen LogP contribution in [0.5, 0.6) is 0 Å². The molecule has 3 unspecified atom stereocenters. The van der Waals surface area contributed by atoms with Gasteiger partial charge in [-0.15, -0.1) is 0 Å². The number of rotatable bonds is 19. The number of ether oxygens (including phenoxy) is 3. The topological polar surface area (TPSA) is 219 Å². The molecular formula is C28H53NO12. The van der Waals surface area contributed by atoms with Crippen LogP contribution >= 0.6 is 0 Å². The van der Waals surface area contributed by atoms with E-state index in [-0.39, 0.29) is 0 Å². The molecule has 2 aliphatic heterocycles. The van der Waals surface area contributed by atoms with Crippen LogP contribution in [0.25, 0.3) is 0 Å². The Morgan fingerprint density at radius 2 is 1.24 bits per heavy atom. The summed E-state index contributed by atoms with van der Waals surface area (Å²) in [6, 6.07) is 0. The van der Waals surface area contributed by atoms with Crippen LogP contribution in [0.3, 0.4) is 0 Å². The summed E-state index contributed by atoms with van der Waals surface area (Å²) in [7, 11) is 0. The molecule has 0 aromatic rings. The molecule has 2 rings (SSSR count). The van der Waals surface area contributed by atoms with E-state index < -0.39 is 86.5 Å². The van der Waals surface area contributed by atoms with E-state index in [1.165, 1.54) is 51.4 Å². The molecule has 242 valence electrons. The van der Waals surface area contributed by atoms with Gasteiger partial charge in [0, 0.05) is 6.54 Å². The van der Waals surface area contributed by atoms with Crippen molar-refractivity contribution in [1.29, 1.82) is 0 Å². The number of carbonyl (C=O) groups is 1. The highest BCUT2D eigenvalue weighted by Gasteiger charge is 2.52. The molecule has 0 saturated carbocycles. The second kappa shape index (κ2) is 19.3. The summed E-state index contributed by atoms with van der Waals surface area (Å²) >= 11 is 0. The van der Waals surface area contributed by atoms with Gasteiger partial charge in [-0.25, -0.2) is 0 Å². The molecule has 2 fully saturated rings. The van der Waals surface area contributed by atoms with Gasteiger partial charge in [0.25, 0.3) is 5.91 Å². The molecule has 2 aliphatic rings. The van der Waals surface area contributed by atoms with E-state index in [4.69, 9.17) is 14.2 Å². The van der Waals surface area contributed by atoms with E-state index in [0.29, 0.717) is 6.54 Å². The van der Waals surface area contributed by atoms with Crippen molar-refractivity contribution in [2.75, 3.05) is 19.8 Å². The van der Waals surface area contributed by atoms with E-state index in [1.807, 2.05) is 0 Å². The van der Waals surface area contributed by atoms with Gasteiger partial charge in [-0.1, -0.05) is 77.6 Å². The fraction of sp³-hybridized carbons (Fsp3) is 0.964.